The zero-order chi connectivity index (χ0) is 12.4. The first kappa shape index (κ1) is 12.6. The minimum absolute atomic E-state index is 0.221. The average molecular weight is 316 g/mol. The molecule has 1 aromatic heterocycles. The van der Waals surface area contributed by atoms with Crippen molar-refractivity contribution in [1.29, 1.82) is 0 Å². The number of aromatic nitrogens is 2. The van der Waals surface area contributed by atoms with Crippen LogP contribution in [0.5, 0.6) is 0 Å². The normalized spacial score (nSPS) is 12.7. The molecule has 0 amide bonds. The number of nitrogens with one attached hydrogen (secondary N) is 1. The maximum atomic E-state index is 6.25. The van der Waals surface area contributed by atoms with Crippen molar-refractivity contribution in [3.63, 3.8) is 0 Å². The highest BCUT2D eigenvalue weighted by molar-refractivity contribution is 9.10. The van der Waals surface area contributed by atoms with Gasteiger partial charge in [0.2, 0.25) is 0 Å². The minimum atomic E-state index is -0.221. The monoisotopic (exact) mass is 314 g/mol. The van der Waals surface area contributed by atoms with E-state index in [1.165, 1.54) is 0 Å². The Hall–Kier alpha value is -0.880. The van der Waals surface area contributed by atoms with Gasteiger partial charge in [-0.25, -0.2) is 5.43 Å². The van der Waals surface area contributed by atoms with Crippen molar-refractivity contribution in [3.05, 3.63) is 51.2 Å². The number of rotatable bonds is 3. The zero-order valence-electron chi connectivity index (χ0n) is 9.19. The molecule has 0 saturated carbocycles. The first-order valence-electron chi connectivity index (χ1n) is 5.03. The smallest absolute Gasteiger partial charge is 0.0914 e. The summed E-state index contributed by atoms with van der Waals surface area (Å²) in [6, 6.07) is 7.41. The first-order chi connectivity index (χ1) is 8.13. The van der Waals surface area contributed by atoms with E-state index in [1.54, 1.807) is 4.68 Å². The fourth-order valence-electron chi connectivity index (χ4n) is 1.66. The number of benzene rings is 1. The van der Waals surface area contributed by atoms with Gasteiger partial charge in [-0.15, -0.1) is 0 Å². The van der Waals surface area contributed by atoms with E-state index in [-0.39, 0.29) is 6.04 Å². The summed E-state index contributed by atoms with van der Waals surface area (Å²) in [6.45, 7) is 0. The zero-order valence-corrected chi connectivity index (χ0v) is 11.5. The van der Waals surface area contributed by atoms with Gasteiger partial charge >= 0.3 is 0 Å². The summed E-state index contributed by atoms with van der Waals surface area (Å²) < 4.78 is 2.57. The predicted octanol–water partition coefficient (Wildman–Crippen LogP) is 2.39. The van der Waals surface area contributed by atoms with Crippen molar-refractivity contribution in [2.45, 2.75) is 6.04 Å². The molecule has 0 radical (unpaired) electrons. The van der Waals surface area contributed by atoms with Crippen LogP contribution in [0.25, 0.3) is 0 Å². The highest BCUT2D eigenvalue weighted by Crippen LogP contribution is 2.32. The van der Waals surface area contributed by atoms with Gasteiger partial charge in [0.05, 0.1) is 16.8 Å². The first-order valence-corrected chi connectivity index (χ1v) is 6.20. The maximum absolute atomic E-state index is 6.25. The van der Waals surface area contributed by atoms with Crippen molar-refractivity contribution in [2.24, 2.45) is 12.9 Å². The van der Waals surface area contributed by atoms with Gasteiger partial charge in [-0.1, -0.05) is 23.7 Å². The molecule has 2 aromatic rings. The molecule has 0 saturated heterocycles. The molecule has 17 heavy (non-hydrogen) atoms. The molecule has 1 heterocycles. The summed E-state index contributed by atoms with van der Waals surface area (Å²) in [5.74, 6) is 5.59. The number of aryl methyl sites for hydroxylation is 1. The number of nitrogens with two attached hydrogens (primary N) is 1. The molecule has 4 nitrogen and oxygen atoms in total. The van der Waals surface area contributed by atoms with Gasteiger partial charge in [-0.2, -0.15) is 5.10 Å². The molecule has 6 heteroatoms. The molecule has 0 bridgehead atoms. The van der Waals surface area contributed by atoms with Crippen LogP contribution in [0.4, 0.5) is 0 Å². The van der Waals surface area contributed by atoms with E-state index in [0.29, 0.717) is 5.02 Å². The summed E-state index contributed by atoms with van der Waals surface area (Å²) in [7, 11) is 1.86. The molecule has 90 valence electrons. The lowest BCUT2D eigenvalue weighted by Crippen LogP contribution is -2.29. The third-order valence-corrected chi connectivity index (χ3v) is 3.80. The van der Waals surface area contributed by atoms with Gasteiger partial charge in [0.1, 0.15) is 0 Å². The Balaban J connectivity index is 2.45. The van der Waals surface area contributed by atoms with E-state index in [4.69, 9.17) is 17.4 Å². The third kappa shape index (κ3) is 2.52. The van der Waals surface area contributed by atoms with Crippen molar-refractivity contribution in [2.75, 3.05) is 0 Å². The van der Waals surface area contributed by atoms with E-state index < -0.39 is 0 Å². The Kier molecular flexibility index (Phi) is 3.83. The summed E-state index contributed by atoms with van der Waals surface area (Å²) in [4.78, 5) is 0. The van der Waals surface area contributed by atoms with Crippen LogP contribution in [0.1, 0.15) is 17.3 Å². The van der Waals surface area contributed by atoms with Gasteiger partial charge in [0.25, 0.3) is 0 Å². The molecule has 0 fully saturated rings. The van der Waals surface area contributed by atoms with Gasteiger partial charge in [-0.05, 0) is 33.6 Å². The number of hydrogen-bond donors (Lipinski definition) is 2. The second kappa shape index (κ2) is 5.18. The molecule has 0 spiro atoms. The highest BCUT2D eigenvalue weighted by Gasteiger charge is 2.18. The van der Waals surface area contributed by atoms with Crippen molar-refractivity contribution in [1.82, 2.24) is 15.2 Å². The Morgan fingerprint density at radius 3 is 2.82 bits per heavy atom. The molecule has 0 aliphatic rings. The van der Waals surface area contributed by atoms with Crippen LogP contribution in [0.3, 0.4) is 0 Å². The fourth-order valence-corrected chi connectivity index (χ4v) is 2.28. The predicted molar refractivity (Wildman–Crippen MR) is 71.5 cm³/mol. The number of halogens is 2. The lowest BCUT2D eigenvalue weighted by atomic mass is 10.0. The molecule has 0 aliphatic heterocycles. The van der Waals surface area contributed by atoms with Crippen molar-refractivity contribution in [3.8, 4) is 0 Å². The van der Waals surface area contributed by atoms with Gasteiger partial charge in [-0.3, -0.25) is 10.5 Å². The molecule has 2 rings (SSSR count). The van der Waals surface area contributed by atoms with Crippen LogP contribution in [0.15, 0.2) is 34.9 Å². The van der Waals surface area contributed by atoms with Crippen molar-refractivity contribution >= 4 is 27.5 Å². The largest absolute Gasteiger partial charge is 0.275 e. The molecule has 1 unspecified atom stereocenters. The molecule has 1 atom stereocenters. The third-order valence-electron chi connectivity index (χ3n) is 2.49. The number of hydrazine groups is 1. The molecule has 1 aromatic carbocycles. The Labute approximate surface area is 113 Å². The van der Waals surface area contributed by atoms with E-state index in [0.717, 1.165) is 15.7 Å². The quantitative estimate of drug-likeness (QED) is 0.675. The van der Waals surface area contributed by atoms with E-state index in [9.17, 15) is 0 Å². The van der Waals surface area contributed by atoms with Gasteiger partial charge < -0.3 is 0 Å². The topological polar surface area (TPSA) is 55.9 Å². The maximum Gasteiger partial charge on any atom is 0.0914 e. The molecule has 3 N–H and O–H groups in total. The van der Waals surface area contributed by atoms with Crippen LogP contribution >= 0.6 is 27.5 Å². The SMILES string of the molecule is Cn1ccc(C(NN)c2cccc(Br)c2Cl)n1. The van der Waals surface area contributed by atoms with E-state index in [1.807, 2.05) is 37.5 Å². The van der Waals surface area contributed by atoms with Crippen LogP contribution in [0.2, 0.25) is 5.02 Å². The lowest BCUT2D eigenvalue weighted by molar-refractivity contribution is 0.603. The van der Waals surface area contributed by atoms with E-state index in [2.05, 4.69) is 26.5 Å². The minimum Gasteiger partial charge on any atom is -0.275 e. The standard InChI is InChI=1S/C11H12BrClN4/c1-17-6-5-9(16-17)11(15-14)7-3-2-4-8(12)10(7)13/h2-6,11,15H,14H2,1H3. The number of hydrogen-bond acceptors (Lipinski definition) is 3. The Bertz CT molecular complexity index is 526. The second-order valence-electron chi connectivity index (χ2n) is 3.66. The molecule has 0 aliphatic carbocycles. The van der Waals surface area contributed by atoms with Gasteiger partial charge in [0.15, 0.2) is 0 Å². The van der Waals surface area contributed by atoms with E-state index >= 15 is 0 Å². The summed E-state index contributed by atoms with van der Waals surface area (Å²) in [6.07, 6.45) is 1.87. The highest BCUT2D eigenvalue weighted by atomic mass is 79.9. The van der Waals surface area contributed by atoms with Crippen LogP contribution < -0.4 is 11.3 Å². The summed E-state index contributed by atoms with van der Waals surface area (Å²) in [5, 5.41) is 4.97. The van der Waals surface area contributed by atoms with Crippen molar-refractivity contribution < 1.29 is 0 Å². The number of nitrogens with zero attached hydrogens (tertiary/aromatic N) is 2. The fraction of sp³-hybridized carbons (Fsp3) is 0.182. The average Bonchev–Trinajstić information content (AvgIpc) is 2.72. The second-order valence-corrected chi connectivity index (χ2v) is 4.89. The Morgan fingerprint density at radius 2 is 2.24 bits per heavy atom. The lowest BCUT2D eigenvalue weighted by Gasteiger charge is -2.16. The molecular formula is C11H12BrClN4. The van der Waals surface area contributed by atoms with Crippen LogP contribution in [-0.4, -0.2) is 9.78 Å². The summed E-state index contributed by atoms with van der Waals surface area (Å²) in [5.41, 5.74) is 4.45. The Morgan fingerprint density at radius 1 is 1.47 bits per heavy atom. The summed E-state index contributed by atoms with van der Waals surface area (Å²) >= 11 is 9.64. The van der Waals surface area contributed by atoms with Crippen LogP contribution in [-0.2, 0) is 7.05 Å². The van der Waals surface area contributed by atoms with Gasteiger partial charge in [0, 0.05) is 17.7 Å². The molecular weight excluding hydrogens is 304 g/mol. The van der Waals surface area contributed by atoms with Crippen LogP contribution in [0, 0.1) is 0 Å².